The fourth-order valence-corrected chi connectivity index (χ4v) is 1.94. The molecule has 0 aliphatic carbocycles. The fourth-order valence-electron chi connectivity index (χ4n) is 1.94. The van der Waals surface area contributed by atoms with E-state index in [1.54, 1.807) is 19.6 Å². The van der Waals surface area contributed by atoms with Gasteiger partial charge in [-0.15, -0.1) is 0 Å². The SMILES string of the molecule is Cn1cncc(CCN2CCNCC2)c1=O. The van der Waals surface area contributed by atoms with E-state index in [2.05, 4.69) is 15.2 Å². The van der Waals surface area contributed by atoms with Gasteiger partial charge in [0, 0.05) is 51.5 Å². The Morgan fingerprint density at radius 3 is 2.94 bits per heavy atom. The summed E-state index contributed by atoms with van der Waals surface area (Å²) in [5, 5.41) is 3.31. The first-order valence-corrected chi connectivity index (χ1v) is 5.70. The molecule has 1 N–H and O–H groups in total. The van der Waals surface area contributed by atoms with E-state index in [9.17, 15) is 4.79 Å². The second-order valence-corrected chi connectivity index (χ2v) is 4.18. The molecule has 0 unspecified atom stereocenters. The Morgan fingerprint density at radius 2 is 2.19 bits per heavy atom. The molecule has 2 rings (SSSR count). The van der Waals surface area contributed by atoms with E-state index in [4.69, 9.17) is 0 Å². The van der Waals surface area contributed by atoms with Crippen molar-refractivity contribution in [2.45, 2.75) is 6.42 Å². The average Bonchev–Trinajstić information content (AvgIpc) is 2.32. The van der Waals surface area contributed by atoms with Crippen molar-refractivity contribution in [2.75, 3.05) is 32.7 Å². The second-order valence-electron chi connectivity index (χ2n) is 4.18. The number of rotatable bonds is 3. The zero-order valence-corrected chi connectivity index (χ0v) is 9.65. The van der Waals surface area contributed by atoms with Crippen LogP contribution in [0.4, 0.5) is 0 Å². The van der Waals surface area contributed by atoms with E-state index < -0.39 is 0 Å². The zero-order valence-electron chi connectivity index (χ0n) is 9.65. The van der Waals surface area contributed by atoms with Crippen LogP contribution in [0.25, 0.3) is 0 Å². The van der Waals surface area contributed by atoms with Gasteiger partial charge in [0.2, 0.25) is 0 Å². The van der Waals surface area contributed by atoms with Gasteiger partial charge in [0.1, 0.15) is 0 Å². The molecule has 1 aromatic rings. The fraction of sp³-hybridized carbons (Fsp3) is 0.636. The molecule has 0 atom stereocenters. The Kier molecular flexibility index (Phi) is 3.69. The summed E-state index contributed by atoms with van der Waals surface area (Å²) < 4.78 is 1.53. The molecule has 0 spiro atoms. The molecule has 0 amide bonds. The van der Waals surface area contributed by atoms with Crippen molar-refractivity contribution in [1.82, 2.24) is 19.8 Å². The molecule has 88 valence electrons. The van der Waals surface area contributed by atoms with Crippen LogP contribution >= 0.6 is 0 Å². The highest BCUT2D eigenvalue weighted by Gasteiger charge is 2.10. The molecule has 2 heterocycles. The van der Waals surface area contributed by atoms with Crippen LogP contribution in [0.15, 0.2) is 17.3 Å². The molecule has 5 heteroatoms. The predicted octanol–water partition coefficient (Wildman–Crippen LogP) is -0.772. The Balaban J connectivity index is 1.94. The van der Waals surface area contributed by atoms with Crippen molar-refractivity contribution in [3.8, 4) is 0 Å². The molecule has 5 nitrogen and oxygen atoms in total. The van der Waals surface area contributed by atoms with Gasteiger partial charge in [-0.05, 0) is 6.42 Å². The Hall–Kier alpha value is -1.20. The molecule has 1 aliphatic rings. The van der Waals surface area contributed by atoms with Crippen LogP contribution in [-0.4, -0.2) is 47.2 Å². The largest absolute Gasteiger partial charge is 0.314 e. The van der Waals surface area contributed by atoms with Gasteiger partial charge in [0.25, 0.3) is 5.56 Å². The number of nitrogens with one attached hydrogen (secondary N) is 1. The molecule has 0 bridgehead atoms. The van der Waals surface area contributed by atoms with Gasteiger partial charge in [0.05, 0.1) is 6.33 Å². The number of hydrogen-bond donors (Lipinski definition) is 1. The molecule has 16 heavy (non-hydrogen) atoms. The maximum atomic E-state index is 11.7. The van der Waals surface area contributed by atoms with E-state index >= 15 is 0 Å². The summed E-state index contributed by atoms with van der Waals surface area (Å²) in [4.78, 5) is 18.2. The van der Waals surface area contributed by atoms with Crippen LogP contribution in [0.3, 0.4) is 0 Å². The predicted molar refractivity (Wildman–Crippen MR) is 62.5 cm³/mol. The quantitative estimate of drug-likeness (QED) is 0.729. The summed E-state index contributed by atoms with van der Waals surface area (Å²) in [6.07, 6.45) is 4.03. The lowest BCUT2D eigenvalue weighted by Crippen LogP contribution is -2.44. The number of hydrogen-bond acceptors (Lipinski definition) is 4. The minimum absolute atomic E-state index is 0.0742. The van der Waals surface area contributed by atoms with Gasteiger partial charge >= 0.3 is 0 Å². The molecule has 1 fully saturated rings. The first kappa shape index (κ1) is 11.3. The maximum absolute atomic E-state index is 11.7. The average molecular weight is 222 g/mol. The second kappa shape index (κ2) is 5.23. The highest BCUT2D eigenvalue weighted by atomic mass is 16.1. The number of nitrogens with zero attached hydrogens (tertiary/aromatic N) is 3. The van der Waals surface area contributed by atoms with Crippen LogP contribution < -0.4 is 10.9 Å². The monoisotopic (exact) mass is 222 g/mol. The molecule has 1 aliphatic heterocycles. The first-order valence-electron chi connectivity index (χ1n) is 5.70. The van der Waals surface area contributed by atoms with Crippen molar-refractivity contribution in [3.05, 3.63) is 28.4 Å². The normalized spacial score (nSPS) is 17.6. The van der Waals surface area contributed by atoms with E-state index in [1.807, 2.05) is 0 Å². The third-order valence-corrected chi connectivity index (χ3v) is 2.97. The number of aromatic nitrogens is 2. The highest BCUT2D eigenvalue weighted by Crippen LogP contribution is 1.96. The number of aryl methyl sites for hydroxylation is 1. The summed E-state index contributed by atoms with van der Waals surface area (Å²) in [6.45, 7) is 5.18. The first-order chi connectivity index (χ1) is 7.77. The Bertz CT molecular complexity index is 395. The standard InChI is InChI=1S/C11H18N4O/c1-14-9-13-8-10(11(14)16)2-5-15-6-3-12-4-7-15/h8-9,12H,2-7H2,1H3. The summed E-state index contributed by atoms with van der Waals surface area (Å²) in [5.41, 5.74) is 0.883. The Labute approximate surface area is 95.1 Å². The molecular formula is C11H18N4O. The summed E-state index contributed by atoms with van der Waals surface area (Å²) in [7, 11) is 1.74. The topological polar surface area (TPSA) is 50.2 Å². The van der Waals surface area contributed by atoms with Gasteiger partial charge < -0.3 is 14.8 Å². The van der Waals surface area contributed by atoms with Crippen LogP contribution in [0.2, 0.25) is 0 Å². The summed E-state index contributed by atoms with van der Waals surface area (Å²) in [5.74, 6) is 0. The lowest BCUT2D eigenvalue weighted by molar-refractivity contribution is 0.243. The molecule has 1 aromatic heterocycles. The lowest BCUT2D eigenvalue weighted by Gasteiger charge is -2.26. The highest BCUT2D eigenvalue weighted by molar-refractivity contribution is 5.04. The zero-order chi connectivity index (χ0) is 11.4. The van der Waals surface area contributed by atoms with Crippen LogP contribution in [-0.2, 0) is 13.5 Å². The van der Waals surface area contributed by atoms with Crippen LogP contribution in [0.5, 0.6) is 0 Å². The van der Waals surface area contributed by atoms with Gasteiger partial charge in [-0.3, -0.25) is 4.79 Å². The third kappa shape index (κ3) is 2.68. The van der Waals surface area contributed by atoms with E-state index in [0.29, 0.717) is 0 Å². The molecule has 0 saturated carbocycles. The Morgan fingerprint density at radius 1 is 1.44 bits per heavy atom. The molecule has 0 aromatic carbocycles. The third-order valence-electron chi connectivity index (χ3n) is 2.97. The van der Waals surface area contributed by atoms with Crippen molar-refractivity contribution in [3.63, 3.8) is 0 Å². The van der Waals surface area contributed by atoms with Crippen LogP contribution in [0.1, 0.15) is 5.56 Å². The summed E-state index contributed by atoms with van der Waals surface area (Å²) >= 11 is 0. The molecule has 1 saturated heterocycles. The van der Waals surface area contributed by atoms with E-state index in [1.165, 1.54) is 4.57 Å². The van der Waals surface area contributed by atoms with Gasteiger partial charge in [0.15, 0.2) is 0 Å². The van der Waals surface area contributed by atoms with Crippen molar-refractivity contribution < 1.29 is 0 Å². The van der Waals surface area contributed by atoms with Crippen molar-refractivity contribution in [2.24, 2.45) is 7.05 Å². The van der Waals surface area contributed by atoms with Gasteiger partial charge in [-0.2, -0.15) is 0 Å². The van der Waals surface area contributed by atoms with E-state index in [0.717, 1.165) is 44.7 Å². The maximum Gasteiger partial charge on any atom is 0.256 e. The van der Waals surface area contributed by atoms with Crippen molar-refractivity contribution in [1.29, 1.82) is 0 Å². The lowest BCUT2D eigenvalue weighted by atomic mass is 10.2. The summed E-state index contributed by atoms with van der Waals surface area (Å²) in [6, 6.07) is 0. The van der Waals surface area contributed by atoms with Gasteiger partial charge in [-0.1, -0.05) is 0 Å². The smallest absolute Gasteiger partial charge is 0.256 e. The van der Waals surface area contributed by atoms with Crippen molar-refractivity contribution >= 4 is 0 Å². The molecular weight excluding hydrogens is 204 g/mol. The minimum Gasteiger partial charge on any atom is -0.314 e. The van der Waals surface area contributed by atoms with Crippen LogP contribution in [0, 0.1) is 0 Å². The van der Waals surface area contributed by atoms with E-state index in [-0.39, 0.29) is 5.56 Å². The number of piperazine rings is 1. The van der Waals surface area contributed by atoms with Gasteiger partial charge in [-0.25, -0.2) is 4.98 Å². The molecule has 0 radical (unpaired) electrons. The minimum atomic E-state index is 0.0742.